The first-order chi connectivity index (χ1) is 8.83. The monoisotopic (exact) mass is 286 g/mol. The lowest BCUT2D eigenvalue weighted by atomic mass is 9.95. The second-order valence-corrected chi connectivity index (χ2v) is 6.19. The average Bonchev–Trinajstić information content (AvgIpc) is 2.69. The van der Waals surface area contributed by atoms with Crippen molar-refractivity contribution in [2.45, 2.75) is 57.3 Å². The highest BCUT2D eigenvalue weighted by Crippen LogP contribution is 2.21. The van der Waals surface area contributed by atoms with E-state index in [4.69, 9.17) is 4.42 Å². The van der Waals surface area contributed by atoms with Gasteiger partial charge in [0.25, 0.3) is 5.22 Å². The maximum Gasteiger partial charge on any atom is 0.323 e. The second-order valence-electron chi connectivity index (χ2n) is 5.14. The Kier molecular flexibility index (Phi) is 5.87. The molecule has 1 unspecified atom stereocenters. The van der Waals surface area contributed by atoms with Crippen LogP contribution in [0.1, 0.15) is 39.3 Å². The fourth-order valence-electron chi connectivity index (χ4n) is 1.86. The van der Waals surface area contributed by atoms with Crippen LogP contribution in [0.15, 0.2) is 15.9 Å². The molecular weight excluding hydrogens is 264 g/mol. The lowest BCUT2D eigenvalue weighted by molar-refractivity contribution is -0.144. The van der Waals surface area contributed by atoms with E-state index in [2.05, 4.69) is 10.3 Å². The maximum atomic E-state index is 11.3. The van der Waals surface area contributed by atoms with Gasteiger partial charge >= 0.3 is 5.97 Å². The quantitative estimate of drug-likeness (QED) is 0.565. The number of carboxylic acid groups (broad SMARTS) is 1. The van der Waals surface area contributed by atoms with Crippen molar-refractivity contribution in [3.63, 3.8) is 0 Å². The molecule has 1 rings (SSSR count). The van der Waals surface area contributed by atoms with Crippen LogP contribution >= 0.6 is 11.8 Å². The molecule has 1 atom stereocenters. The van der Waals surface area contributed by atoms with Crippen LogP contribution < -0.4 is 5.32 Å². The molecule has 0 radical (unpaired) electrons. The third-order valence-electron chi connectivity index (χ3n) is 2.72. The number of nitrogens with zero attached hydrogens (tertiary/aromatic N) is 1. The molecule has 0 aliphatic carbocycles. The van der Waals surface area contributed by atoms with Gasteiger partial charge in [0.1, 0.15) is 11.8 Å². The number of aliphatic carboxylic acids is 1. The van der Waals surface area contributed by atoms with Gasteiger partial charge < -0.3 is 9.52 Å². The van der Waals surface area contributed by atoms with E-state index in [1.165, 1.54) is 11.8 Å². The summed E-state index contributed by atoms with van der Waals surface area (Å²) in [5, 5.41) is 13.1. The van der Waals surface area contributed by atoms with E-state index in [0.717, 1.165) is 17.9 Å². The summed E-state index contributed by atoms with van der Waals surface area (Å²) in [6, 6.07) is 0.142. The van der Waals surface area contributed by atoms with Gasteiger partial charge in [0.05, 0.1) is 5.69 Å². The van der Waals surface area contributed by atoms with Crippen LogP contribution in [0.25, 0.3) is 0 Å². The van der Waals surface area contributed by atoms with Crippen molar-refractivity contribution in [3.05, 3.63) is 12.0 Å². The minimum atomic E-state index is -0.874. The lowest BCUT2D eigenvalue weighted by Gasteiger charge is -2.28. The molecule has 0 spiro atoms. The normalized spacial score (nSPS) is 14.6. The van der Waals surface area contributed by atoms with Gasteiger partial charge in [0, 0.05) is 11.8 Å². The molecular formula is C13H22N2O3S. The highest BCUT2D eigenvalue weighted by atomic mass is 32.2. The summed E-state index contributed by atoms with van der Waals surface area (Å²) in [4.78, 5) is 15.5. The highest BCUT2D eigenvalue weighted by molar-refractivity contribution is 7.99. The summed E-state index contributed by atoms with van der Waals surface area (Å²) in [6.07, 6.45) is 2.98. The number of carbonyl (C=O) groups is 1. The molecule has 0 saturated heterocycles. The van der Waals surface area contributed by atoms with Crippen LogP contribution in [-0.4, -0.2) is 33.4 Å². The number of oxazole rings is 1. The fourth-order valence-corrected chi connectivity index (χ4v) is 2.65. The Balaban J connectivity index is 2.38. The first-order valence-electron chi connectivity index (χ1n) is 6.39. The molecule has 1 aromatic heterocycles. The minimum Gasteiger partial charge on any atom is -0.480 e. The average molecular weight is 286 g/mol. The summed E-state index contributed by atoms with van der Waals surface area (Å²) >= 11 is 1.51. The summed E-state index contributed by atoms with van der Waals surface area (Å²) in [6.45, 7) is 7.51. The highest BCUT2D eigenvalue weighted by Gasteiger charge is 2.32. The number of aryl methyl sites for hydroxylation is 1. The molecule has 0 aromatic carbocycles. The van der Waals surface area contributed by atoms with Crippen molar-refractivity contribution in [1.82, 2.24) is 10.3 Å². The Hall–Kier alpha value is -1.01. The van der Waals surface area contributed by atoms with E-state index >= 15 is 0 Å². The van der Waals surface area contributed by atoms with Gasteiger partial charge in [-0.1, -0.05) is 11.8 Å². The molecule has 19 heavy (non-hydrogen) atoms. The second kappa shape index (κ2) is 6.96. The van der Waals surface area contributed by atoms with Gasteiger partial charge in [-0.15, -0.1) is 0 Å². The van der Waals surface area contributed by atoms with Crippen molar-refractivity contribution in [3.8, 4) is 0 Å². The molecule has 0 amide bonds. The molecule has 0 bridgehead atoms. The van der Waals surface area contributed by atoms with Crippen LogP contribution in [0.5, 0.6) is 0 Å². The Morgan fingerprint density at radius 3 is 2.79 bits per heavy atom. The summed E-state index contributed by atoms with van der Waals surface area (Å²) in [7, 11) is 0. The minimum absolute atomic E-state index is 0.142. The molecule has 0 aliphatic rings. The van der Waals surface area contributed by atoms with E-state index in [-0.39, 0.29) is 6.04 Å². The number of rotatable bonds is 8. The van der Waals surface area contributed by atoms with E-state index in [1.54, 1.807) is 13.2 Å². The predicted molar refractivity (Wildman–Crippen MR) is 75.5 cm³/mol. The zero-order valence-electron chi connectivity index (χ0n) is 11.9. The molecule has 2 N–H and O–H groups in total. The predicted octanol–water partition coefficient (Wildman–Crippen LogP) is 2.70. The summed E-state index contributed by atoms with van der Waals surface area (Å²) in [5.74, 6) is -0.0130. The van der Waals surface area contributed by atoms with Crippen molar-refractivity contribution in [2.75, 3.05) is 5.75 Å². The SMILES string of the molecule is Cc1coc(SCCCC(C)(NC(C)C)C(=O)O)n1. The third-order valence-corrected chi connectivity index (χ3v) is 3.65. The Morgan fingerprint density at radius 2 is 2.32 bits per heavy atom. The van der Waals surface area contributed by atoms with Crippen molar-refractivity contribution in [1.29, 1.82) is 0 Å². The molecule has 1 aromatic rings. The first-order valence-corrected chi connectivity index (χ1v) is 7.38. The standard InChI is InChI=1S/C13H22N2O3S/c1-9(2)15-13(4,11(16)17)6-5-7-19-12-14-10(3)8-18-12/h8-9,15H,5-7H2,1-4H3,(H,16,17). The van der Waals surface area contributed by atoms with Gasteiger partial charge in [0.15, 0.2) is 0 Å². The van der Waals surface area contributed by atoms with Crippen LogP contribution in [0.2, 0.25) is 0 Å². The zero-order chi connectivity index (χ0) is 14.5. The maximum absolute atomic E-state index is 11.3. The van der Waals surface area contributed by atoms with Gasteiger partial charge in [-0.2, -0.15) is 0 Å². The van der Waals surface area contributed by atoms with Gasteiger partial charge in [-0.05, 0) is 40.5 Å². The topological polar surface area (TPSA) is 75.4 Å². The molecule has 0 fully saturated rings. The van der Waals surface area contributed by atoms with Gasteiger partial charge in [-0.25, -0.2) is 4.98 Å². The summed E-state index contributed by atoms with van der Waals surface area (Å²) in [5.41, 5.74) is -0.0133. The lowest BCUT2D eigenvalue weighted by Crippen LogP contribution is -2.52. The third kappa shape index (κ3) is 5.24. The van der Waals surface area contributed by atoms with E-state index in [0.29, 0.717) is 11.6 Å². The molecule has 1 heterocycles. The van der Waals surface area contributed by atoms with Crippen molar-refractivity contribution in [2.24, 2.45) is 0 Å². The van der Waals surface area contributed by atoms with E-state index in [1.807, 2.05) is 20.8 Å². The Morgan fingerprint density at radius 1 is 1.63 bits per heavy atom. The van der Waals surface area contributed by atoms with E-state index < -0.39 is 11.5 Å². The number of aromatic nitrogens is 1. The number of hydrogen-bond acceptors (Lipinski definition) is 5. The zero-order valence-corrected chi connectivity index (χ0v) is 12.7. The van der Waals surface area contributed by atoms with Gasteiger partial charge in [-0.3, -0.25) is 10.1 Å². The molecule has 108 valence electrons. The molecule has 6 heteroatoms. The molecule has 0 aliphatic heterocycles. The summed E-state index contributed by atoms with van der Waals surface area (Å²) < 4.78 is 5.23. The van der Waals surface area contributed by atoms with Crippen LogP contribution in [0, 0.1) is 6.92 Å². The number of nitrogens with one attached hydrogen (secondary N) is 1. The van der Waals surface area contributed by atoms with E-state index in [9.17, 15) is 9.90 Å². The van der Waals surface area contributed by atoms with Crippen molar-refractivity contribution < 1.29 is 14.3 Å². The van der Waals surface area contributed by atoms with Crippen LogP contribution in [0.4, 0.5) is 0 Å². The first kappa shape index (κ1) is 16.0. The van der Waals surface area contributed by atoms with Crippen molar-refractivity contribution >= 4 is 17.7 Å². The number of hydrogen-bond donors (Lipinski definition) is 2. The fraction of sp³-hybridized carbons (Fsp3) is 0.692. The van der Waals surface area contributed by atoms with Gasteiger partial charge in [0.2, 0.25) is 0 Å². The Labute approximate surface area is 118 Å². The molecule has 5 nitrogen and oxygen atoms in total. The van der Waals surface area contributed by atoms with Crippen LogP contribution in [0.3, 0.4) is 0 Å². The van der Waals surface area contributed by atoms with Crippen LogP contribution in [-0.2, 0) is 4.79 Å². The number of thioether (sulfide) groups is 1. The molecule has 0 saturated carbocycles. The smallest absolute Gasteiger partial charge is 0.323 e. The Bertz CT molecular complexity index is 420. The number of carboxylic acids is 1. The largest absolute Gasteiger partial charge is 0.480 e.